The molecule has 0 aromatic heterocycles. The molecule has 2 atom stereocenters. The first kappa shape index (κ1) is 10.8. The molecule has 0 aliphatic carbocycles. The van der Waals surface area contributed by atoms with Crippen LogP contribution in [0.3, 0.4) is 0 Å². The molecule has 2 nitrogen and oxygen atoms in total. The van der Waals surface area contributed by atoms with E-state index >= 15 is 0 Å². The van der Waals surface area contributed by atoms with Gasteiger partial charge in [0.05, 0.1) is 12.2 Å². The van der Waals surface area contributed by atoms with E-state index < -0.39 is 0 Å². The minimum absolute atomic E-state index is 0.0599. The molecule has 0 radical (unpaired) electrons. The standard InChI is InChI=1S/C11H20O2S/c1-10(5-6-12-9-13-10)8-11(2)4-3-7-14-11/h3-9H2,1-2H3. The summed E-state index contributed by atoms with van der Waals surface area (Å²) >= 11 is 2.12. The van der Waals surface area contributed by atoms with Crippen molar-refractivity contribution in [3.05, 3.63) is 0 Å². The van der Waals surface area contributed by atoms with Crippen LogP contribution in [0.25, 0.3) is 0 Å². The topological polar surface area (TPSA) is 18.5 Å². The van der Waals surface area contributed by atoms with Crippen molar-refractivity contribution in [1.29, 1.82) is 0 Å². The van der Waals surface area contributed by atoms with E-state index in [0.29, 0.717) is 11.5 Å². The van der Waals surface area contributed by atoms with Gasteiger partial charge in [0.25, 0.3) is 0 Å². The molecule has 2 aliphatic rings. The second-order valence-corrected chi connectivity index (χ2v) is 6.63. The van der Waals surface area contributed by atoms with Gasteiger partial charge >= 0.3 is 0 Å². The van der Waals surface area contributed by atoms with Crippen LogP contribution < -0.4 is 0 Å². The molecule has 0 spiro atoms. The van der Waals surface area contributed by atoms with E-state index in [2.05, 4.69) is 25.6 Å². The van der Waals surface area contributed by atoms with Crippen molar-refractivity contribution in [1.82, 2.24) is 0 Å². The van der Waals surface area contributed by atoms with Crippen LogP contribution in [0.1, 0.15) is 39.5 Å². The maximum Gasteiger partial charge on any atom is 0.147 e. The lowest BCUT2D eigenvalue weighted by molar-refractivity contribution is -0.190. The predicted octanol–water partition coefficient (Wildman–Crippen LogP) is 2.82. The first-order valence-electron chi connectivity index (χ1n) is 5.48. The summed E-state index contributed by atoms with van der Waals surface area (Å²) in [6.45, 7) is 5.96. The third kappa shape index (κ3) is 2.44. The fraction of sp³-hybridized carbons (Fsp3) is 1.00. The summed E-state index contributed by atoms with van der Waals surface area (Å²) < 4.78 is 11.4. The Labute approximate surface area is 90.7 Å². The molecule has 2 fully saturated rings. The predicted molar refractivity (Wildman–Crippen MR) is 59.6 cm³/mol. The van der Waals surface area contributed by atoms with Gasteiger partial charge in [-0.2, -0.15) is 11.8 Å². The minimum Gasteiger partial charge on any atom is -0.355 e. The van der Waals surface area contributed by atoms with Gasteiger partial charge in [-0.15, -0.1) is 0 Å². The highest BCUT2D eigenvalue weighted by molar-refractivity contribution is 8.00. The fourth-order valence-corrected chi connectivity index (χ4v) is 3.99. The van der Waals surface area contributed by atoms with E-state index in [-0.39, 0.29) is 5.60 Å². The van der Waals surface area contributed by atoms with Gasteiger partial charge in [-0.25, -0.2) is 0 Å². The van der Waals surface area contributed by atoms with Gasteiger partial charge in [-0.3, -0.25) is 0 Å². The maximum atomic E-state index is 5.76. The molecular formula is C11H20O2S. The van der Waals surface area contributed by atoms with Crippen LogP contribution in [-0.4, -0.2) is 29.5 Å². The summed E-state index contributed by atoms with van der Waals surface area (Å²) in [6, 6.07) is 0. The Balaban J connectivity index is 1.94. The summed E-state index contributed by atoms with van der Waals surface area (Å²) in [5.74, 6) is 1.32. The van der Waals surface area contributed by atoms with Gasteiger partial charge in [-0.1, -0.05) is 6.92 Å². The molecule has 2 aliphatic heterocycles. The van der Waals surface area contributed by atoms with Crippen LogP contribution in [0.5, 0.6) is 0 Å². The SMILES string of the molecule is CC1(CC2(C)CCCS2)CCOCO1. The monoisotopic (exact) mass is 216 g/mol. The maximum absolute atomic E-state index is 5.76. The van der Waals surface area contributed by atoms with E-state index in [1.807, 2.05) is 0 Å². The third-order valence-corrected chi connectivity index (χ3v) is 4.85. The molecular weight excluding hydrogens is 196 g/mol. The molecule has 3 heteroatoms. The molecule has 2 heterocycles. The first-order valence-corrected chi connectivity index (χ1v) is 6.46. The average Bonchev–Trinajstić information content (AvgIpc) is 2.52. The van der Waals surface area contributed by atoms with E-state index in [1.54, 1.807) is 0 Å². The molecule has 0 N–H and O–H groups in total. The molecule has 2 rings (SSSR count). The summed E-state index contributed by atoms with van der Waals surface area (Å²) in [7, 11) is 0. The minimum atomic E-state index is 0.0599. The molecule has 82 valence electrons. The van der Waals surface area contributed by atoms with Crippen molar-refractivity contribution in [3.63, 3.8) is 0 Å². The molecule has 0 amide bonds. The Morgan fingerprint density at radius 1 is 1.29 bits per heavy atom. The quantitative estimate of drug-likeness (QED) is 0.707. The van der Waals surface area contributed by atoms with E-state index in [1.165, 1.54) is 25.0 Å². The van der Waals surface area contributed by atoms with Gasteiger partial charge in [-0.05, 0) is 38.4 Å². The second kappa shape index (κ2) is 4.03. The lowest BCUT2D eigenvalue weighted by Crippen LogP contribution is -2.41. The number of hydrogen-bond acceptors (Lipinski definition) is 3. The van der Waals surface area contributed by atoms with Crippen LogP contribution in [0, 0.1) is 0 Å². The highest BCUT2D eigenvalue weighted by atomic mass is 32.2. The summed E-state index contributed by atoms with van der Waals surface area (Å²) in [6.07, 6.45) is 4.93. The van der Waals surface area contributed by atoms with Crippen LogP contribution in [-0.2, 0) is 9.47 Å². The van der Waals surface area contributed by atoms with Crippen molar-refractivity contribution in [2.24, 2.45) is 0 Å². The van der Waals surface area contributed by atoms with Crippen molar-refractivity contribution in [2.45, 2.75) is 49.9 Å². The molecule has 0 aromatic rings. The molecule has 0 bridgehead atoms. The van der Waals surface area contributed by atoms with Gasteiger partial charge < -0.3 is 9.47 Å². The summed E-state index contributed by atoms with van der Waals surface area (Å²) in [5.41, 5.74) is 0.0599. The fourth-order valence-electron chi connectivity index (χ4n) is 2.51. The lowest BCUT2D eigenvalue weighted by Gasteiger charge is -2.39. The Morgan fingerprint density at radius 3 is 2.71 bits per heavy atom. The van der Waals surface area contributed by atoms with Crippen molar-refractivity contribution >= 4 is 11.8 Å². The van der Waals surface area contributed by atoms with Gasteiger partial charge in [0.2, 0.25) is 0 Å². The van der Waals surface area contributed by atoms with Crippen LogP contribution in [0.2, 0.25) is 0 Å². The van der Waals surface area contributed by atoms with Crippen LogP contribution in [0.15, 0.2) is 0 Å². The zero-order chi connectivity index (χ0) is 10.1. The van der Waals surface area contributed by atoms with E-state index in [4.69, 9.17) is 9.47 Å². The highest BCUT2D eigenvalue weighted by Crippen LogP contribution is 2.45. The van der Waals surface area contributed by atoms with Gasteiger partial charge in [0, 0.05) is 4.75 Å². The van der Waals surface area contributed by atoms with E-state index in [0.717, 1.165) is 13.0 Å². The third-order valence-electron chi connectivity index (χ3n) is 3.31. The van der Waals surface area contributed by atoms with Crippen LogP contribution >= 0.6 is 11.8 Å². The van der Waals surface area contributed by atoms with Crippen molar-refractivity contribution < 1.29 is 9.47 Å². The zero-order valence-corrected chi connectivity index (χ0v) is 9.99. The number of hydrogen-bond donors (Lipinski definition) is 0. The second-order valence-electron chi connectivity index (χ2n) is 4.95. The van der Waals surface area contributed by atoms with Gasteiger partial charge in [0.15, 0.2) is 0 Å². The van der Waals surface area contributed by atoms with Crippen molar-refractivity contribution in [3.8, 4) is 0 Å². The number of ether oxygens (including phenoxy) is 2. The Kier molecular flexibility index (Phi) is 3.10. The number of rotatable bonds is 2. The molecule has 14 heavy (non-hydrogen) atoms. The van der Waals surface area contributed by atoms with Crippen molar-refractivity contribution in [2.75, 3.05) is 19.2 Å². The highest BCUT2D eigenvalue weighted by Gasteiger charge is 2.39. The van der Waals surface area contributed by atoms with E-state index in [9.17, 15) is 0 Å². The summed E-state index contributed by atoms with van der Waals surface area (Å²) in [5, 5.41) is 0. The molecule has 0 saturated carbocycles. The largest absolute Gasteiger partial charge is 0.355 e. The number of thioether (sulfide) groups is 1. The lowest BCUT2D eigenvalue weighted by atomic mass is 9.87. The normalized spacial score (nSPS) is 44.1. The smallest absolute Gasteiger partial charge is 0.147 e. The Morgan fingerprint density at radius 2 is 2.14 bits per heavy atom. The Bertz CT molecular complexity index is 193. The molecule has 2 saturated heterocycles. The molecule has 2 unspecified atom stereocenters. The van der Waals surface area contributed by atoms with Crippen LogP contribution in [0.4, 0.5) is 0 Å². The van der Waals surface area contributed by atoms with Gasteiger partial charge in [0.1, 0.15) is 6.79 Å². The average molecular weight is 216 g/mol. The Hall–Kier alpha value is 0.270. The zero-order valence-electron chi connectivity index (χ0n) is 9.17. The first-order chi connectivity index (χ1) is 6.62. The molecule has 0 aromatic carbocycles. The summed E-state index contributed by atoms with van der Waals surface area (Å²) in [4.78, 5) is 0.